The quantitative estimate of drug-likeness (QED) is 0.770. The molecular formula is C14H15N7O2. The average Bonchev–Trinajstić information content (AvgIpc) is 3.33. The van der Waals surface area contributed by atoms with Crippen LogP contribution in [0, 0.1) is 0 Å². The van der Waals surface area contributed by atoms with Crippen molar-refractivity contribution < 1.29 is 9.32 Å². The Kier molecular flexibility index (Phi) is 3.00. The first-order valence-corrected chi connectivity index (χ1v) is 7.33. The number of fused-ring (bicyclic) bond motifs is 1. The smallest absolute Gasteiger partial charge is 0.278 e. The van der Waals surface area contributed by atoms with E-state index >= 15 is 0 Å². The number of H-pyrrole nitrogens is 1. The Morgan fingerprint density at radius 3 is 3.00 bits per heavy atom. The first kappa shape index (κ1) is 13.7. The predicted molar refractivity (Wildman–Crippen MR) is 78.0 cm³/mol. The Bertz CT molecular complexity index is 862. The molecule has 3 aromatic rings. The minimum absolute atomic E-state index is 0.0931. The molecular weight excluding hydrogens is 298 g/mol. The standard InChI is InChI=1S/C14H15N7O2/c1-3-11-16-13(23-19-11)12-8-6-21(7-10(8)20(2)18-12)14(22)9-4-5-15-17-9/h4-5H,3,6-7H2,1-2H3,(H,15,17). The number of aromatic nitrogens is 6. The van der Waals surface area contributed by atoms with Gasteiger partial charge in [0, 0.05) is 25.2 Å². The van der Waals surface area contributed by atoms with Crippen LogP contribution in [0.2, 0.25) is 0 Å². The zero-order valence-electron chi connectivity index (χ0n) is 12.8. The van der Waals surface area contributed by atoms with Gasteiger partial charge in [0.1, 0.15) is 5.69 Å². The van der Waals surface area contributed by atoms with Gasteiger partial charge in [-0.15, -0.1) is 0 Å². The average molecular weight is 313 g/mol. The molecule has 3 aromatic heterocycles. The van der Waals surface area contributed by atoms with Gasteiger partial charge in [-0.25, -0.2) is 0 Å². The Labute approximate surface area is 131 Å². The SMILES string of the molecule is CCc1noc(-c2nn(C)c3c2CN(C(=O)c2ccn[nH]2)C3)n1. The van der Waals surface area contributed by atoms with Gasteiger partial charge in [0.05, 0.1) is 18.8 Å². The van der Waals surface area contributed by atoms with Gasteiger partial charge in [-0.3, -0.25) is 14.6 Å². The maximum atomic E-state index is 12.5. The molecule has 0 atom stereocenters. The second kappa shape index (κ2) is 5.04. The van der Waals surface area contributed by atoms with Crippen molar-refractivity contribution in [3.8, 4) is 11.6 Å². The molecule has 1 aliphatic heterocycles. The molecule has 0 saturated carbocycles. The van der Waals surface area contributed by atoms with Gasteiger partial charge >= 0.3 is 0 Å². The molecule has 0 aromatic carbocycles. The van der Waals surface area contributed by atoms with Crippen molar-refractivity contribution in [2.45, 2.75) is 26.4 Å². The minimum Gasteiger partial charge on any atom is -0.332 e. The molecule has 9 heteroatoms. The highest BCUT2D eigenvalue weighted by Crippen LogP contribution is 2.31. The fourth-order valence-corrected chi connectivity index (χ4v) is 2.75. The number of nitrogens with one attached hydrogen (secondary N) is 1. The molecule has 0 bridgehead atoms. The van der Waals surface area contributed by atoms with E-state index in [0.717, 1.165) is 11.3 Å². The maximum Gasteiger partial charge on any atom is 0.278 e. The van der Waals surface area contributed by atoms with Crippen LogP contribution >= 0.6 is 0 Å². The Balaban J connectivity index is 1.66. The lowest BCUT2D eigenvalue weighted by Crippen LogP contribution is -2.26. The second-order valence-corrected chi connectivity index (χ2v) is 5.40. The Hall–Kier alpha value is -2.97. The van der Waals surface area contributed by atoms with E-state index in [1.165, 1.54) is 0 Å². The van der Waals surface area contributed by atoms with E-state index in [-0.39, 0.29) is 5.91 Å². The number of amides is 1. The van der Waals surface area contributed by atoms with Crippen molar-refractivity contribution in [3.05, 3.63) is 35.0 Å². The lowest BCUT2D eigenvalue weighted by atomic mass is 10.2. The number of hydrogen-bond acceptors (Lipinski definition) is 6. The van der Waals surface area contributed by atoms with Gasteiger partial charge in [0.25, 0.3) is 11.8 Å². The summed E-state index contributed by atoms with van der Waals surface area (Å²) in [5.41, 5.74) is 3.05. The monoisotopic (exact) mass is 313 g/mol. The first-order valence-electron chi connectivity index (χ1n) is 7.33. The Morgan fingerprint density at radius 2 is 2.30 bits per heavy atom. The van der Waals surface area contributed by atoms with Crippen molar-refractivity contribution in [1.82, 2.24) is 35.0 Å². The highest BCUT2D eigenvalue weighted by Gasteiger charge is 2.32. The molecule has 0 fully saturated rings. The van der Waals surface area contributed by atoms with Crippen LogP contribution in [0.4, 0.5) is 0 Å². The fourth-order valence-electron chi connectivity index (χ4n) is 2.75. The van der Waals surface area contributed by atoms with Crippen molar-refractivity contribution in [2.24, 2.45) is 7.05 Å². The van der Waals surface area contributed by atoms with Crippen molar-refractivity contribution in [1.29, 1.82) is 0 Å². The van der Waals surface area contributed by atoms with Crippen LogP contribution in [0.15, 0.2) is 16.8 Å². The summed E-state index contributed by atoms with van der Waals surface area (Å²) in [7, 11) is 1.85. The van der Waals surface area contributed by atoms with Crippen LogP contribution < -0.4 is 0 Å². The van der Waals surface area contributed by atoms with Crippen LogP contribution in [-0.4, -0.2) is 40.9 Å². The lowest BCUT2D eigenvalue weighted by molar-refractivity contribution is 0.0742. The maximum absolute atomic E-state index is 12.5. The van der Waals surface area contributed by atoms with Gasteiger partial charge in [-0.1, -0.05) is 12.1 Å². The predicted octanol–water partition coefficient (Wildman–Crippen LogP) is 0.912. The molecule has 0 radical (unpaired) electrons. The van der Waals surface area contributed by atoms with E-state index in [9.17, 15) is 4.79 Å². The summed E-state index contributed by atoms with van der Waals surface area (Å²) in [6, 6.07) is 1.66. The van der Waals surface area contributed by atoms with E-state index in [1.807, 2.05) is 14.0 Å². The van der Waals surface area contributed by atoms with Crippen LogP contribution in [-0.2, 0) is 26.6 Å². The van der Waals surface area contributed by atoms with Gasteiger partial charge in [-0.05, 0) is 6.07 Å². The number of carbonyl (C=O) groups excluding carboxylic acids is 1. The molecule has 1 amide bonds. The largest absolute Gasteiger partial charge is 0.332 e. The molecule has 118 valence electrons. The molecule has 0 spiro atoms. The van der Waals surface area contributed by atoms with Gasteiger partial charge in [0.2, 0.25) is 0 Å². The molecule has 4 rings (SSSR count). The minimum atomic E-state index is -0.0931. The van der Waals surface area contributed by atoms with Crippen molar-refractivity contribution in [2.75, 3.05) is 0 Å². The molecule has 0 saturated heterocycles. The fraction of sp³-hybridized carbons (Fsp3) is 0.357. The summed E-state index contributed by atoms with van der Waals surface area (Å²) < 4.78 is 7.06. The van der Waals surface area contributed by atoms with Crippen molar-refractivity contribution in [3.63, 3.8) is 0 Å². The number of carbonyl (C=O) groups is 1. The molecule has 23 heavy (non-hydrogen) atoms. The van der Waals surface area contributed by atoms with E-state index in [2.05, 4.69) is 25.4 Å². The highest BCUT2D eigenvalue weighted by molar-refractivity contribution is 5.92. The zero-order valence-corrected chi connectivity index (χ0v) is 12.8. The Morgan fingerprint density at radius 1 is 1.43 bits per heavy atom. The van der Waals surface area contributed by atoms with Gasteiger partial charge < -0.3 is 9.42 Å². The molecule has 1 aliphatic rings. The number of rotatable bonds is 3. The third kappa shape index (κ3) is 2.12. The summed E-state index contributed by atoms with van der Waals surface area (Å²) in [6.07, 6.45) is 2.26. The lowest BCUT2D eigenvalue weighted by Gasteiger charge is -2.14. The van der Waals surface area contributed by atoms with E-state index < -0.39 is 0 Å². The summed E-state index contributed by atoms with van der Waals surface area (Å²) in [5.74, 6) is 0.946. The summed E-state index contributed by atoms with van der Waals surface area (Å²) in [4.78, 5) is 18.5. The topological polar surface area (TPSA) is 106 Å². The molecule has 1 N–H and O–H groups in total. The molecule has 4 heterocycles. The number of nitrogens with zero attached hydrogens (tertiary/aromatic N) is 6. The van der Waals surface area contributed by atoms with Crippen LogP contribution in [0.25, 0.3) is 11.6 Å². The number of aryl methyl sites for hydroxylation is 2. The zero-order chi connectivity index (χ0) is 16.0. The molecule has 0 unspecified atom stereocenters. The van der Waals surface area contributed by atoms with E-state index in [0.29, 0.717) is 42.6 Å². The summed E-state index contributed by atoms with van der Waals surface area (Å²) in [5, 5.41) is 14.9. The van der Waals surface area contributed by atoms with Gasteiger partial charge in [-0.2, -0.15) is 15.2 Å². The summed E-state index contributed by atoms with van der Waals surface area (Å²) in [6.45, 7) is 2.91. The second-order valence-electron chi connectivity index (χ2n) is 5.40. The number of aromatic amines is 1. The normalized spacial score (nSPS) is 13.6. The van der Waals surface area contributed by atoms with Crippen molar-refractivity contribution >= 4 is 5.91 Å². The van der Waals surface area contributed by atoms with Crippen LogP contribution in [0.5, 0.6) is 0 Å². The third-order valence-corrected chi connectivity index (χ3v) is 3.97. The van der Waals surface area contributed by atoms with Crippen LogP contribution in [0.3, 0.4) is 0 Å². The molecule has 9 nitrogen and oxygen atoms in total. The van der Waals surface area contributed by atoms with E-state index in [1.54, 1.807) is 21.8 Å². The third-order valence-electron chi connectivity index (χ3n) is 3.97. The van der Waals surface area contributed by atoms with E-state index in [4.69, 9.17) is 4.52 Å². The van der Waals surface area contributed by atoms with Gasteiger partial charge in [0.15, 0.2) is 11.5 Å². The molecule has 0 aliphatic carbocycles. The summed E-state index contributed by atoms with van der Waals surface area (Å²) >= 11 is 0. The first-order chi connectivity index (χ1) is 11.2. The van der Waals surface area contributed by atoms with Crippen LogP contribution in [0.1, 0.15) is 34.5 Å². The number of hydrogen-bond donors (Lipinski definition) is 1. The highest BCUT2D eigenvalue weighted by atomic mass is 16.5.